The second-order valence-electron chi connectivity index (χ2n) is 7.91. The fraction of sp³-hybridized carbons (Fsp3) is 0.240. The van der Waals surface area contributed by atoms with E-state index in [1.54, 1.807) is 24.1 Å². The fourth-order valence-electron chi connectivity index (χ4n) is 4.19. The molecule has 1 fully saturated rings. The Balaban J connectivity index is 1.44. The number of nitrogens with one attached hydrogen (secondary N) is 1. The smallest absolute Gasteiger partial charge is 0.254 e. The van der Waals surface area contributed by atoms with Crippen molar-refractivity contribution in [3.05, 3.63) is 77.2 Å². The number of morpholine rings is 1. The first-order valence-electron chi connectivity index (χ1n) is 10.6. The Morgan fingerprint density at radius 1 is 1.12 bits per heavy atom. The maximum Gasteiger partial charge on any atom is 0.254 e. The van der Waals surface area contributed by atoms with Crippen LogP contribution in [0.3, 0.4) is 0 Å². The van der Waals surface area contributed by atoms with Crippen LogP contribution in [0.5, 0.6) is 0 Å². The number of pyridine rings is 1. The van der Waals surface area contributed by atoms with Gasteiger partial charge < -0.3 is 19.4 Å². The molecule has 0 spiro atoms. The number of ether oxygens (including phenoxy) is 1. The molecule has 0 unspecified atom stereocenters. The number of aromatic nitrogens is 1. The zero-order valence-corrected chi connectivity index (χ0v) is 17.9. The molecule has 7 heteroatoms. The molecule has 1 atom stereocenters. The molecule has 2 aromatic carbocycles. The van der Waals surface area contributed by atoms with Gasteiger partial charge in [-0.05, 0) is 43.3 Å². The number of furan rings is 1. The standard InChI is InChI=1S/C25H23N3O4/c1-15-11-17-12-16(7-8-22(17)32-15)25(30)28-9-10-31-23(14-28)21-13-19(24(29)26-2)18-5-3-4-6-20(18)27-21/h3-8,11-13,23H,9-10,14H2,1-2H3,(H,26,29)/t23-/m1/s1. The molecule has 7 nitrogen and oxygen atoms in total. The molecule has 0 saturated carbocycles. The zero-order chi connectivity index (χ0) is 22.2. The quantitative estimate of drug-likeness (QED) is 0.535. The number of hydrogen-bond acceptors (Lipinski definition) is 5. The molecular formula is C25H23N3O4. The van der Waals surface area contributed by atoms with Gasteiger partial charge in [-0.25, -0.2) is 4.98 Å². The van der Waals surface area contributed by atoms with Gasteiger partial charge in [0.05, 0.1) is 29.9 Å². The van der Waals surface area contributed by atoms with Crippen molar-refractivity contribution in [2.75, 3.05) is 26.7 Å². The minimum Gasteiger partial charge on any atom is -0.461 e. The van der Waals surface area contributed by atoms with Crippen LogP contribution in [-0.4, -0.2) is 48.4 Å². The largest absolute Gasteiger partial charge is 0.461 e. The molecular weight excluding hydrogens is 406 g/mol. The van der Waals surface area contributed by atoms with E-state index in [1.807, 2.05) is 49.4 Å². The van der Waals surface area contributed by atoms with Crippen molar-refractivity contribution in [1.29, 1.82) is 0 Å². The lowest BCUT2D eigenvalue weighted by atomic mass is 10.0. The molecule has 3 heterocycles. The SMILES string of the molecule is CNC(=O)c1cc([C@H]2CN(C(=O)c3ccc4oc(C)cc4c3)CCO2)nc2ccccc12. The van der Waals surface area contributed by atoms with Crippen molar-refractivity contribution in [2.45, 2.75) is 13.0 Å². The van der Waals surface area contributed by atoms with Gasteiger partial charge in [0.2, 0.25) is 0 Å². The number of fused-ring (bicyclic) bond motifs is 2. The Kier molecular flexibility index (Phi) is 5.11. The summed E-state index contributed by atoms with van der Waals surface area (Å²) in [6, 6.07) is 16.7. The van der Waals surface area contributed by atoms with Gasteiger partial charge in [-0.15, -0.1) is 0 Å². The van der Waals surface area contributed by atoms with Crippen molar-refractivity contribution in [2.24, 2.45) is 0 Å². The molecule has 162 valence electrons. The summed E-state index contributed by atoms with van der Waals surface area (Å²) in [6.07, 6.45) is -0.416. The van der Waals surface area contributed by atoms with E-state index >= 15 is 0 Å². The Morgan fingerprint density at radius 3 is 2.81 bits per heavy atom. The van der Waals surface area contributed by atoms with Crippen molar-refractivity contribution >= 4 is 33.7 Å². The van der Waals surface area contributed by atoms with Crippen LogP contribution < -0.4 is 5.32 Å². The van der Waals surface area contributed by atoms with Crippen molar-refractivity contribution < 1.29 is 18.7 Å². The molecule has 5 rings (SSSR count). The van der Waals surface area contributed by atoms with Crippen LogP contribution in [0.25, 0.3) is 21.9 Å². The molecule has 1 aliphatic rings. The van der Waals surface area contributed by atoms with Crippen LogP contribution >= 0.6 is 0 Å². The normalized spacial score (nSPS) is 16.4. The number of para-hydroxylation sites is 1. The van der Waals surface area contributed by atoms with E-state index in [1.165, 1.54) is 0 Å². The summed E-state index contributed by atoms with van der Waals surface area (Å²) in [7, 11) is 1.60. The summed E-state index contributed by atoms with van der Waals surface area (Å²) < 4.78 is 11.6. The van der Waals surface area contributed by atoms with E-state index in [0.717, 1.165) is 27.6 Å². The zero-order valence-electron chi connectivity index (χ0n) is 17.9. The van der Waals surface area contributed by atoms with Crippen LogP contribution in [0.15, 0.2) is 59.0 Å². The van der Waals surface area contributed by atoms with Crippen molar-refractivity contribution in [3.63, 3.8) is 0 Å². The minimum absolute atomic E-state index is 0.0635. The summed E-state index contributed by atoms with van der Waals surface area (Å²) in [6.45, 7) is 3.14. The number of benzene rings is 2. The third-order valence-corrected chi connectivity index (χ3v) is 5.78. The maximum atomic E-state index is 13.2. The van der Waals surface area contributed by atoms with Crippen molar-refractivity contribution in [1.82, 2.24) is 15.2 Å². The van der Waals surface area contributed by atoms with Gasteiger partial charge in [-0.2, -0.15) is 0 Å². The molecule has 0 aliphatic carbocycles. The molecule has 2 aromatic heterocycles. The van der Waals surface area contributed by atoms with Gasteiger partial charge in [0.25, 0.3) is 11.8 Å². The fourth-order valence-corrected chi connectivity index (χ4v) is 4.19. The lowest BCUT2D eigenvalue weighted by Crippen LogP contribution is -2.42. The third-order valence-electron chi connectivity index (χ3n) is 5.78. The topological polar surface area (TPSA) is 84.7 Å². The third kappa shape index (κ3) is 3.61. The highest BCUT2D eigenvalue weighted by atomic mass is 16.5. The maximum absolute atomic E-state index is 13.2. The molecule has 0 radical (unpaired) electrons. The number of nitrogens with zero attached hydrogens (tertiary/aromatic N) is 2. The molecule has 0 bridgehead atoms. The highest BCUT2D eigenvalue weighted by Gasteiger charge is 2.28. The number of amides is 2. The predicted molar refractivity (Wildman–Crippen MR) is 121 cm³/mol. The van der Waals surface area contributed by atoms with Crippen LogP contribution in [0, 0.1) is 6.92 Å². The average Bonchev–Trinajstić information content (AvgIpc) is 3.21. The lowest BCUT2D eigenvalue weighted by Gasteiger charge is -2.33. The molecule has 1 saturated heterocycles. The second kappa shape index (κ2) is 8.09. The lowest BCUT2D eigenvalue weighted by molar-refractivity contribution is -0.0246. The number of carbonyl (C=O) groups is 2. The van der Waals surface area contributed by atoms with E-state index < -0.39 is 6.10 Å². The van der Waals surface area contributed by atoms with Gasteiger partial charge in [0, 0.05) is 29.9 Å². The van der Waals surface area contributed by atoms with E-state index in [-0.39, 0.29) is 11.8 Å². The number of hydrogen-bond donors (Lipinski definition) is 1. The number of aryl methyl sites for hydroxylation is 1. The van der Waals surface area contributed by atoms with Gasteiger partial charge in [0.15, 0.2) is 0 Å². The van der Waals surface area contributed by atoms with Crippen LogP contribution in [-0.2, 0) is 4.74 Å². The van der Waals surface area contributed by atoms with Gasteiger partial charge in [-0.1, -0.05) is 18.2 Å². The summed E-state index contributed by atoms with van der Waals surface area (Å²) in [5, 5.41) is 4.38. The van der Waals surface area contributed by atoms with Crippen LogP contribution in [0.2, 0.25) is 0 Å². The summed E-state index contributed by atoms with van der Waals surface area (Å²) in [5.74, 6) is 0.564. The molecule has 1 aliphatic heterocycles. The Labute approximate surface area is 185 Å². The first kappa shape index (κ1) is 20.2. The molecule has 32 heavy (non-hydrogen) atoms. The average molecular weight is 429 g/mol. The highest BCUT2D eigenvalue weighted by Crippen LogP contribution is 2.27. The van der Waals surface area contributed by atoms with E-state index in [9.17, 15) is 9.59 Å². The molecule has 4 aromatic rings. The monoisotopic (exact) mass is 429 g/mol. The van der Waals surface area contributed by atoms with E-state index in [0.29, 0.717) is 36.5 Å². The number of rotatable bonds is 3. The predicted octanol–water partition coefficient (Wildman–Crippen LogP) is 3.86. The minimum atomic E-state index is -0.416. The highest BCUT2D eigenvalue weighted by molar-refractivity contribution is 6.06. The Bertz CT molecular complexity index is 1340. The van der Waals surface area contributed by atoms with Gasteiger partial charge in [-0.3, -0.25) is 9.59 Å². The van der Waals surface area contributed by atoms with Gasteiger partial charge in [0.1, 0.15) is 17.4 Å². The first-order valence-corrected chi connectivity index (χ1v) is 10.6. The Hall–Kier alpha value is -3.71. The van der Waals surface area contributed by atoms with E-state index in [2.05, 4.69) is 5.32 Å². The summed E-state index contributed by atoms with van der Waals surface area (Å²) in [5.41, 5.74) is 3.27. The Morgan fingerprint density at radius 2 is 1.97 bits per heavy atom. The van der Waals surface area contributed by atoms with Gasteiger partial charge >= 0.3 is 0 Å². The first-order chi connectivity index (χ1) is 15.5. The van der Waals surface area contributed by atoms with E-state index in [4.69, 9.17) is 14.1 Å². The van der Waals surface area contributed by atoms with Crippen molar-refractivity contribution in [3.8, 4) is 0 Å². The number of carbonyl (C=O) groups excluding carboxylic acids is 2. The summed E-state index contributed by atoms with van der Waals surface area (Å²) in [4.78, 5) is 32.2. The molecule has 2 amide bonds. The summed E-state index contributed by atoms with van der Waals surface area (Å²) >= 11 is 0. The molecule has 1 N–H and O–H groups in total. The van der Waals surface area contributed by atoms with Crippen LogP contribution in [0.1, 0.15) is 38.3 Å². The second-order valence-corrected chi connectivity index (χ2v) is 7.91. The van der Waals surface area contributed by atoms with Crippen LogP contribution in [0.4, 0.5) is 0 Å².